The van der Waals surface area contributed by atoms with E-state index in [4.69, 9.17) is 0 Å². The van der Waals surface area contributed by atoms with Crippen LogP contribution < -0.4 is 4.90 Å². The quantitative estimate of drug-likeness (QED) is 0.279. The van der Waals surface area contributed by atoms with Gasteiger partial charge in [-0.2, -0.15) is 0 Å². The Bertz CT molecular complexity index is 1400. The number of anilines is 2. The Morgan fingerprint density at radius 1 is 0.639 bits per heavy atom. The van der Waals surface area contributed by atoms with Crippen LogP contribution in [0.25, 0.3) is 22.3 Å². The number of fused-ring (bicyclic) bond motifs is 3. The molecule has 0 radical (unpaired) electrons. The largest absolute Gasteiger partial charge is 0.336 e. The van der Waals surface area contributed by atoms with Crippen LogP contribution in [0.1, 0.15) is 70.7 Å². The van der Waals surface area contributed by atoms with Gasteiger partial charge in [0.15, 0.2) is 0 Å². The van der Waals surface area contributed by atoms with Crippen LogP contribution in [-0.4, -0.2) is 5.54 Å². The van der Waals surface area contributed by atoms with Crippen LogP contribution in [0.4, 0.5) is 11.4 Å². The fourth-order valence-corrected chi connectivity index (χ4v) is 6.17. The maximum Gasteiger partial charge on any atom is 0.0454 e. The van der Waals surface area contributed by atoms with Crippen LogP contribution in [0.15, 0.2) is 84.9 Å². The highest BCUT2D eigenvalue weighted by molar-refractivity contribution is 5.87. The third-order valence-corrected chi connectivity index (χ3v) is 7.91. The molecule has 1 nitrogen and oxygen atoms in total. The highest BCUT2D eigenvalue weighted by atomic mass is 15.2. The van der Waals surface area contributed by atoms with E-state index in [0.717, 1.165) is 12.8 Å². The molecule has 0 aromatic heterocycles. The van der Waals surface area contributed by atoms with Crippen LogP contribution in [-0.2, 0) is 18.3 Å². The molecule has 1 aliphatic rings. The van der Waals surface area contributed by atoms with E-state index in [2.05, 4.69) is 138 Å². The molecule has 0 heterocycles. The van der Waals surface area contributed by atoms with Crippen LogP contribution in [0, 0.1) is 0 Å². The lowest BCUT2D eigenvalue weighted by molar-refractivity contribution is 0.557. The third kappa shape index (κ3) is 3.86. The molecule has 0 unspecified atom stereocenters. The fourth-order valence-electron chi connectivity index (χ4n) is 6.17. The lowest BCUT2D eigenvalue weighted by Crippen LogP contribution is -2.39. The van der Waals surface area contributed by atoms with Gasteiger partial charge in [0, 0.05) is 22.3 Å². The van der Waals surface area contributed by atoms with E-state index < -0.39 is 0 Å². The van der Waals surface area contributed by atoms with Crippen molar-refractivity contribution < 1.29 is 0 Å². The van der Waals surface area contributed by atoms with E-state index in [1.165, 1.54) is 55.9 Å². The lowest BCUT2D eigenvalue weighted by Gasteiger charge is -2.41. The Labute approximate surface area is 217 Å². The number of hydrogen-bond acceptors (Lipinski definition) is 1. The van der Waals surface area contributed by atoms with Gasteiger partial charge in [-0.1, -0.05) is 100 Å². The van der Waals surface area contributed by atoms with Crippen molar-refractivity contribution >= 4 is 11.4 Å². The van der Waals surface area contributed by atoms with Crippen molar-refractivity contribution in [2.45, 2.75) is 72.3 Å². The van der Waals surface area contributed by atoms with Gasteiger partial charge in [-0.05, 0) is 90.3 Å². The maximum atomic E-state index is 2.60. The Morgan fingerprint density at radius 3 is 1.97 bits per heavy atom. The van der Waals surface area contributed by atoms with E-state index in [1.54, 1.807) is 0 Å². The molecule has 0 amide bonds. The summed E-state index contributed by atoms with van der Waals surface area (Å²) in [7, 11) is 0. The predicted molar refractivity (Wildman–Crippen MR) is 157 cm³/mol. The number of benzene rings is 4. The van der Waals surface area contributed by atoms with Crippen molar-refractivity contribution in [3.8, 4) is 22.3 Å². The second-order valence-corrected chi connectivity index (χ2v) is 11.6. The van der Waals surface area contributed by atoms with Gasteiger partial charge in [-0.25, -0.2) is 0 Å². The van der Waals surface area contributed by atoms with Gasteiger partial charge < -0.3 is 4.90 Å². The van der Waals surface area contributed by atoms with E-state index in [1.807, 2.05) is 0 Å². The highest BCUT2D eigenvalue weighted by Crippen LogP contribution is 2.52. The number of hydrogen-bond donors (Lipinski definition) is 0. The first-order valence-corrected chi connectivity index (χ1v) is 13.4. The van der Waals surface area contributed by atoms with Crippen LogP contribution in [0.2, 0.25) is 0 Å². The number of nitrogens with zero attached hydrogens (tertiary/aromatic N) is 1. The van der Waals surface area contributed by atoms with Crippen LogP contribution in [0.5, 0.6) is 0 Å². The highest BCUT2D eigenvalue weighted by Gasteiger charge is 2.37. The molecule has 36 heavy (non-hydrogen) atoms. The summed E-state index contributed by atoms with van der Waals surface area (Å²) in [6, 6.07) is 31.6. The zero-order valence-corrected chi connectivity index (χ0v) is 22.9. The van der Waals surface area contributed by atoms with Crippen molar-refractivity contribution in [3.05, 3.63) is 107 Å². The molecule has 184 valence electrons. The monoisotopic (exact) mass is 473 g/mol. The Morgan fingerprint density at radius 2 is 1.31 bits per heavy atom. The van der Waals surface area contributed by atoms with E-state index >= 15 is 0 Å². The van der Waals surface area contributed by atoms with Crippen molar-refractivity contribution in [3.63, 3.8) is 0 Å². The minimum absolute atomic E-state index is 0.0166. The van der Waals surface area contributed by atoms with Crippen LogP contribution in [0.3, 0.4) is 0 Å². The minimum atomic E-state index is -0.0922. The van der Waals surface area contributed by atoms with Gasteiger partial charge in [0.25, 0.3) is 0 Å². The summed E-state index contributed by atoms with van der Waals surface area (Å²) in [5.74, 6) is 0. The summed E-state index contributed by atoms with van der Waals surface area (Å²) >= 11 is 0. The minimum Gasteiger partial charge on any atom is -0.336 e. The zero-order chi connectivity index (χ0) is 25.7. The van der Waals surface area contributed by atoms with Gasteiger partial charge in [0.05, 0.1) is 0 Å². The molecular weight excluding hydrogens is 434 g/mol. The predicted octanol–water partition coefficient (Wildman–Crippen LogP) is 9.72. The van der Waals surface area contributed by atoms with Crippen LogP contribution >= 0.6 is 0 Å². The molecule has 0 bridgehead atoms. The first-order chi connectivity index (χ1) is 17.2. The zero-order valence-electron chi connectivity index (χ0n) is 22.9. The van der Waals surface area contributed by atoms with Crippen molar-refractivity contribution in [1.29, 1.82) is 0 Å². The topological polar surface area (TPSA) is 3.24 Å². The van der Waals surface area contributed by atoms with Crippen molar-refractivity contribution in [2.75, 3.05) is 4.90 Å². The molecule has 4 aromatic carbocycles. The summed E-state index contributed by atoms with van der Waals surface area (Å²) < 4.78 is 0. The standard InChI is InChI=1S/C35H39N/c1-8-24-22-31-29(28-18-13-14-20-30(28)35(31,6)7)23-33(24)36(34(3,4)5)32-21-15-19-27(26(32)9-2)25-16-11-10-12-17-25/h10-23H,8-9H2,1-7H3. The van der Waals surface area contributed by atoms with Crippen molar-refractivity contribution in [1.82, 2.24) is 0 Å². The molecule has 0 aliphatic heterocycles. The van der Waals surface area contributed by atoms with Gasteiger partial charge in [-0.3, -0.25) is 0 Å². The third-order valence-electron chi connectivity index (χ3n) is 7.91. The van der Waals surface area contributed by atoms with Gasteiger partial charge in [0.2, 0.25) is 0 Å². The van der Waals surface area contributed by atoms with Gasteiger partial charge >= 0.3 is 0 Å². The van der Waals surface area contributed by atoms with Crippen molar-refractivity contribution in [2.24, 2.45) is 0 Å². The lowest BCUT2D eigenvalue weighted by atomic mass is 9.81. The number of rotatable bonds is 5. The fraction of sp³-hybridized carbons (Fsp3) is 0.314. The first kappa shape index (κ1) is 24.4. The average Bonchev–Trinajstić information content (AvgIpc) is 3.09. The van der Waals surface area contributed by atoms with E-state index in [-0.39, 0.29) is 11.0 Å². The molecule has 0 N–H and O–H groups in total. The summed E-state index contributed by atoms with van der Waals surface area (Å²) in [6.45, 7) is 16.3. The number of aryl methyl sites for hydroxylation is 1. The Kier molecular flexibility index (Phi) is 6.07. The normalized spacial score (nSPS) is 13.9. The molecule has 0 saturated carbocycles. The first-order valence-electron chi connectivity index (χ1n) is 13.4. The molecule has 4 aromatic rings. The van der Waals surface area contributed by atoms with E-state index in [0.29, 0.717) is 0 Å². The molecular formula is C35H39N. The molecule has 1 heteroatoms. The SMILES string of the molecule is CCc1cc2c(cc1N(c1cccc(-c3ccccc3)c1CC)C(C)(C)C)-c1ccccc1C2(C)C. The summed E-state index contributed by atoms with van der Waals surface area (Å²) in [6.07, 6.45) is 1.98. The molecule has 0 spiro atoms. The second-order valence-electron chi connectivity index (χ2n) is 11.6. The molecule has 1 aliphatic carbocycles. The molecule has 5 rings (SSSR count). The smallest absolute Gasteiger partial charge is 0.0454 e. The Hall–Kier alpha value is -3.32. The molecule has 0 fully saturated rings. The molecule has 0 saturated heterocycles. The van der Waals surface area contributed by atoms with E-state index in [9.17, 15) is 0 Å². The second kappa shape index (κ2) is 8.96. The Balaban J connectivity index is 1.78. The van der Waals surface area contributed by atoms with Gasteiger partial charge in [-0.15, -0.1) is 0 Å². The average molecular weight is 474 g/mol. The summed E-state index contributed by atoms with van der Waals surface area (Å²) in [5, 5.41) is 0. The summed E-state index contributed by atoms with van der Waals surface area (Å²) in [4.78, 5) is 2.60. The summed E-state index contributed by atoms with van der Waals surface area (Å²) in [5.41, 5.74) is 13.6. The van der Waals surface area contributed by atoms with Gasteiger partial charge in [0.1, 0.15) is 0 Å². The molecule has 0 atom stereocenters. The maximum absolute atomic E-state index is 2.60.